The maximum Gasteiger partial charge on any atom is 0.417 e. The molecule has 1 fully saturated rings. The van der Waals surface area contributed by atoms with Gasteiger partial charge in [0.1, 0.15) is 11.8 Å². The van der Waals surface area contributed by atoms with Crippen molar-refractivity contribution in [2.75, 3.05) is 33.3 Å². The van der Waals surface area contributed by atoms with Crippen LogP contribution in [0.5, 0.6) is 0 Å². The number of aliphatic hydroxyl groups excluding tert-OH is 1. The molecule has 1 aliphatic rings. The number of aryl methyl sites for hydroxylation is 2. The highest BCUT2D eigenvalue weighted by atomic mass is 16.5. The van der Waals surface area contributed by atoms with Gasteiger partial charge in [0.15, 0.2) is 0 Å². The fourth-order valence-electron chi connectivity index (χ4n) is 8.24. The smallest absolute Gasteiger partial charge is 0.417 e. The molecule has 1 aliphatic heterocycles. The monoisotopic (exact) mass is 874 g/mol. The minimum absolute atomic E-state index is 0.00484. The Morgan fingerprint density at radius 1 is 0.906 bits per heavy atom. The summed E-state index contributed by atoms with van der Waals surface area (Å²) < 4.78 is 10.4. The lowest BCUT2D eigenvalue weighted by atomic mass is 9.95. The molecule has 3 heterocycles. The molecule has 0 radical (unpaired) electrons. The number of imide groups is 1. The van der Waals surface area contributed by atoms with Crippen LogP contribution in [0.2, 0.25) is 0 Å². The van der Waals surface area contributed by atoms with Crippen molar-refractivity contribution < 1.29 is 33.5 Å². The van der Waals surface area contributed by atoms with Crippen molar-refractivity contribution in [1.29, 1.82) is 0 Å². The first-order valence-corrected chi connectivity index (χ1v) is 22.1. The molecule has 0 saturated carbocycles. The van der Waals surface area contributed by atoms with Crippen LogP contribution in [0.15, 0.2) is 95.6 Å². The number of carbonyl (C=O) groups is 4. The number of ether oxygens (including phenoxy) is 1. The number of nitrogens with one attached hydrogen (secondary N) is 2. The first kappa shape index (κ1) is 47.2. The Kier molecular flexibility index (Phi) is 16.1. The van der Waals surface area contributed by atoms with E-state index < -0.39 is 30.3 Å². The van der Waals surface area contributed by atoms with E-state index in [9.17, 15) is 24.3 Å². The number of fused-ring (bicyclic) bond motifs is 1. The summed E-state index contributed by atoms with van der Waals surface area (Å²) in [5.41, 5.74) is 8.92. The zero-order valence-electron chi connectivity index (χ0n) is 38.0. The van der Waals surface area contributed by atoms with Gasteiger partial charge in [0, 0.05) is 56.4 Å². The van der Waals surface area contributed by atoms with Crippen LogP contribution in [0.1, 0.15) is 68.7 Å². The van der Waals surface area contributed by atoms with E-state index in [4.69, 9.17) is 9.26 Å². The molecule has 15 nitrogen and oxygen atoms in total. The highest BCUT2D eigenvalue weighted by Gasteiger charge is 2.41. The molecule has 64 heavy (non-hydrogen) atoms. The molecule has 1 saturated heterocycles. The Hall–Kier alpha value is -6.32. The van der Waals surface area contributed by atoms with Crippen LogP contribution in [-0.4, -0.2) is 110 Å². The van der Waals surface area contributed by atoms with Gasteiger partial charge in [-0.3, -0.25) is 15.2 Å². The first-order valence-electron chi connectivity index (χ1n) is 22.1. The van der Waals surface area contributed by atoms with Crippen LogP contribution in [0.25, 0.3) is 22.0 Å². The largest absolute Gasteiger partial charge is 0.452 e. The number of amides is 6. The number of hydrogen-bond acceptors (Lipinski definition) is 10. The van der Waals surface area contributed by atoms with E-state index in [0.717, 1.165) is 55.7 Å². The van der Waals surface area contributed by atoms with Crippen LogP contribution in [0.4, 0.5) is 14.4 Å². The third kappa shape index (κ3) is 11.4. The normalized spacial score (nSPS) is 15.2. The lowest BCUT2D eigenvalue weighted by molar-refractivity contribution is -0.128. The first-order chi connectivity index (χ1) is 30.8. The van der Waals surface area contributed by atoms with Gasteiger partial charge in [-0.15, -0.1) is 0 Å². The Balaban J connectivity index is 1.26. The molecule has 3 N–H and O–H groups in total. The Morgan fingerprint density at radius 3 is 2.30 bits per heavy atom. The molecule has 0 bridgehead atoms. The zero-order valence-corrected chi connectivity index (χ0v) is 38.0. The number of urea groups is 2. The summed E-state index contributed by atoms with van der Waals surface area (Å²) in [5, 5.41) is 22.0. The SMILES string of the molecule is CCC(C)CN(C(=O)NN(Cc1ccc(-c2c(C)noc2C)cc1)CC(O)C(Cc1ccccc1)NC(=O)C(C(C)CC)N1CCN(Cc2ccnc3ccccc23)C1=O)C(=O)OC. The quantitative estimate of drug-likeness (QED) is 0.0706. The number of aromatic nitrogens is 2. The number of hydrogen-bond donors (Lipinski definition) is 3. The molecular formula is C49H62N8O7. The van der Waals surface area contributed by atoms with Gasteiger partial charge < -0.3 is 29.5 Å². The van der Waals surface area contributed by atoms with E-state index in [1.54, 1.807) is 21.0 Å². The Bertz CT molecular complexity index is 2330. The van der Waals surface area contributed by atoms with Gasteiger partial charge >= 0.3 is 18.2 Å². The van der Waals surface area contributed by atoms with Gasteiger partial charge in [0.2, 0.25) is 5.91 Å². The summed E-state index contributed by atoms with van der Waals surface area (Å²) in [6.07, 6.45) is 1.31. The molecular weight excluding hydrogens is 813 g/mol. The lowest BCUT2D eigenvalue weighted by Gasteiger charge is -2.35. The van der Waals surface area contributed by atoms with E-state index >= 15 is 0 Å². The van der Waals surface area contributed by atoms with Crippen LogP contribution >= 0.6 is 0 Å². The van der Waals surface area contributed by atoms with Gasteiger partial charge in [-0.1, -0.05) is 118 Å². The van der Waals surface area contributed by atoms with E-state index in [-0.39, 0.29) is 49.8 Å². The summed E-state index contributed by atoms with van der Waals surface area (Å²) in [4.78, 5) is 64.6. The summed E-state index contributed by atoms with van der Waals surface area (Å²) in [6, 6.07) is 24.4. The second-order valence-electron chi connectivity index (χ2n) is 16.9. The minimum Gasteiger partial charge on any atom is -0.452 e. The number of pyridine rings is 1. The maximum atomic E-state index is 14.7. The van der Waals surface area contributed by atoms with Gasteiger partial charge in [-0.25, -0.2) is 24.3 Å². The number of aliphatic hydroxyl groups is 1. The molecule has 0 spiro atoms. The second-order valence-corrected chi connectivity index (χ2v) is 16.9. The third-order valence-electron chi connectivity index (χ3n) is 12.2. The highest BCUT2D eigenvalue weighted by Crippen LogP contribution is 2.28. The molecule has 340 valence electrons. The number of para-hydroxylation sites is 1. The van der Waals surface area contributed by atoms with Gasteiger partial charge in [-0.05, 0) is 66.5 Å². The molecule has 5 aromatic rings. The number of hydrazine groups is 1. The Labute approximate surface area is 375 Å². The molecule has 3 aromatic carbocycles. The molecule has 5 atom stereocenters. The summed E-state index contributed by atoms with van der Waals surface area (Å²) in [5.74, 6) is 0.0994. The second kappa shape index (κ2) is 21.8. The van der Waals surface area contributed by atoms with Gasteiger partial charge in [0.25, 0.3) is 0 Å². The number of methoxy groups -OCH3 is 1. The highest BCUT2D eigenvalue weighted by molar-refractivity contribution is 5.91. The fourth-order valence-corrected chi connectivity index (χ4v) is 8.24. The van der Waals surface area contributed by atoms with Crippen molar-refractivity contribution in [3.05, 3.63) is 119 Å². The predicted molar refractivity (Wildman–Crippen MR) is 245 cm³/mol. The van der Waals surface area contributed by atoms with Gasteiger partial charge in [0.05, 0.1) is 30.5 Å². The van der Waals surface area contributed by atoms with Crippen LogP contribution in [0, 0.1) is 25.7 Å². The summed E-state index contributed by atoms with van der Waals surface area (Å²) >= 11 is 0. The molecule has 15 heteroatoms. The van der Waals surface area contributed by atoms with Crippen molar-refractivity contribution in [3.63, 3.8) is 0 Å². The Morgan fingerprint density at radius 2 is 1.62 bits per heavy atom. The topological polar surface area (TPSA) is 174 Å². The van der Waals surface area contributed by atoms with Crippen molar-refractivity contribution >= 4 is 35.0 Å². The number of benzene rings is 3. The number of nitrogens with zero attached hydrogens (tertiary/aromatic N) is 6. The van der Waals surface area contributed by atoms with E-state index in [1.165, 1.54) is 7.11 Å². The average Bonchev–Trinajstić information content (AvgIpc) is 3.83. The van der Waals surface area contributed by atoms with Crippen LogP contribution < -0.4 is 10.7 Å². The van der Waals surface area contributed by atoms with E-state index in [2.05, 4.69) is 20.9 Å². The lowest BCUT2D eigenvalue weighted by Crippen LogP contribution is -2.59. The maximum absolute atomic E-state index is 14.7. The minimum atomic E-state index is -1.24. The molecule has 0 aliphatic carbocycles. The summed E-state index contributed by atoms with van der Waals surface area (Å²) in [7, 11) is 1.22. The third-order valence-corrected chi connectivity index (χ3v) is 12.2. The molecule has 2 aromatic heterocycles. The number of rotatable bonds is 19. The standard InChI is InChI=1S/C49H62N8O7/c1-8-32(3)28-57(49(62)63-7)47(60)52-55(29-37-19-21-38(22-20-37)44-34(5)53-64-35(44)6)31-43(58)42(27-36-15-11-10-12-16-36)51-46(59)45(33(4)9-2)56-26-25-54(48(56)61)30-39-23-24-50-41-18-14-13-17-40(39)41/h10-24,32-33,42-43,45,58H,8-9,25-31H2,1-7H3,(H,51,59)(H,52,60). The molecule has 5 unspecified atom stereocenters. The van der Waals surface area contributed by atoms with Gasteiger partial charge in [-0.2, -0.15) is 0 Å². The number of carbonyl (C=O) groups excluding carboxylic acids is 4. The van der Waals surface area contributed by atoms with E-state index in [0.29, 0.717) is 31.8 Å². The predicted octanol–water partition coefficient (Wildman–Crippen LogP) is 7.49. The molecule has 6 rings (SSSR count). The van der Waals surface area contributed by atoms with Crippen LogP contribution in [0.3, 0.4) is 0 Å². The zero-order chi connectivity index (χ0) is 45.9. The fraction of sp³-hybridized carbons (Fsp3) is 0.429. The van der Waals surface area contributed by atoms with Crippen molar-refractivity contribution in [2.24, 2.45) is 11.8 Å². The van der Waals surface area contributed by atoms with Crippen LogP contribution in [-0.2, 0) is 29.0 Å². The average molecular weight is 875 g/mol. The van der Waals surface area contributed by atoms with Crippen molar-refractivity contribution in [2.45, 2.75) is 92.1 Å². The molecule has 6 amide bonds. The van der Waals surface area contributed by atoms with Crippen molar-refractivity contribution in [1.82, 2.24) is 40.6 Å². The van der Waals surface area contributed by atoms with Crippen molar-refractivity contribution in [3.8, 4) is 11.1 Å². The summed E-state index contributed by atoms with van der Waals surface area (Å²) in [6.45, 7) is 12.9. The van der Waals surface area contributed by atoms with E-state index in [1.807, 2.05) is 126 Å².